The van der Waals surface area contributed by atoms with Crippen molar-refractivity contribution in [3.05, 3.63) is 79.4 Å². The predicted octanol–water partition coefficient (Wildman–Crippen LogP) is 8.38. The fourth-order valence-corrected chi connectivity index (χ4v) is 6.48. The van der Waals surface area contributed by atoms with Gasteiger partial charge in [-0.2, -0.15) is 0 Å². The minimum Gasteiger partial charge on any atom is -0.462 e. The average molecular weight is 734 g/mol. The molecule has 0 spiro atoms. The van der Waals surface area contributed by atoms with Crippen molar-refractivity contribution in [3.63, 3.8) is 0 Å². The Labute approximate surface area is 267 Å². The quantitative estimate of drug-likeness (QED) is 0.150. The molecule has 0 atom stereocenters. The molecule has 2 amide bonds. The van der Waals surface area contributed by atoms with E-state index in [1.807, 2.05) is 48.5 Å². The lowest BCUT2D eigenvalue weighted by molar-refractivity contribution is -0.121. The molecule has 2 heterocycles. The van der Waals surface area contributed by atoms with E-state index < -0.39 is 23.8 Å². The van der Waals surface area contributed by atoms with Crippen LogP contribution in [0.1, 0.15) is 47.4 Å². The number of amides is 2. The molecule has 0 unspecified atom stereocenters. The van der Waals surface area contributed by atoms with Crippen molar-refractivity contribution in [1.29, 1.82) is 0 Å². The fraction of sp³-hybridized carbons (Fsp3) is 0.200. The number of hydrogen-bond donors (Lipinski definition) is 2. The molecule has 2 aromatic heterocycles. The van der Waals surface area contributed by atoms with Crippen molar-refractivity contribution in [2.45, 2.75) is 26.7 Å². The molecule has 12 heteroatoms. The lowest BCUT2D eigenvalue weighted by Gasteiger charge is -2.10. The lowest BCUT2D eigenvalue weighted by Crippen LogP contribution is -2.19. The molecule has 0 fully saturated rings. The highest BCUT2D eigenvalue weighted by Crippen LogP contribution is 2.38. The van der Waals surface area contributed by atoms with E-state index in [9.17, 15) is 19.2 Å². The maximum absolute atomic E-state index is 12.9. The lowest BCUT2D eigenvalue weighted by atomic mass is 10.0. The fourth-order valence-electron chi connectivity index (χ4n) is 4.00. The van der Waals surface area contributed by atoms with Gasteiger partial charge in [-0.1, -0.05) is 56.1 Å². The minimum atomic E-state index is -0.546. The molecule has 4 aromatic rings. The Hall–Kier alpha value is -3.32. The Balaban J connectivity index is 1.46. The van der Waals surface area contributed by atoms with E-state index in [1.54, 1.807) is 24.6 Å². The number of carbonyl (C=O) groups is 4. The number of anilines is 2. The van der Waals surface area contributed by atoms with E-state index in [4.69, 9.17) is 9.47 Å². The van der Waals surface area contributed by atoms with Crippen molar-refractivity contribution in [3.8, 4) is 22.3 Å². The van der Waals surface area contributed by atoms with Crippen LogP contribution >= 0.6 is 54.5 Å². The first-order valence-electron chi connectivity index (χ1n) is 12.9. The zero-order chi connectivity index (χ0) is 30.2. The van der Waals surface area contributed by atoms with Gasteiger partial charge in [-0.3, -0.25) is 9.59 Å². The first kappa shape index (κ1) is 31.6. The number of carbonyl (C=O) groups excluding carboxylic acids is 4. The van der Waals surface area contributed by atoms with E-state index in [-0.39, 0.29) is 37.2 Å². The van der Waals surface area contributed by atoms with Crippen LogP contribution < -0.4 is 10.6 Å². The molecule has 8 nitrogen and oxygen atoms in total. The number of esters is 2. The van der Waals surface area contributed by atoms with E-state index in [1.165, 1.54) is 22.7 Å². The summed E-state index contributed by atoms with van der Waals surface area (Å²) in [6.07, 6.45) is -0.279. The van der Waals surface area contributed by atoms with Crippen LogP contribution in [0.3, 0.4) is 0 Å². The molecule has 0 aliphatic rings. The third-order valence-electron chi connectivity index (χ3n) is 5.94. The molecule has 0 saturated carbocycles. The number of hydrogen-bond acceptors (Lipinski definition) is 8. The summed E-state index contributed by atoms with van der Waals surface area (Å²) in [6, 6.07) is 14.9. The number of benzene rings is 2. The zero-order valence-corrected chi connectivity index (χ0v) is 27.4. The SMILES string of the molecule is CCOC(=O)c1c(-c2ccc(Br)cc2)csc1NC(=O)CCC(=O)Nc1scc(-c2ccc(Br)cc2)c1C(=O)OCC. The molecular formula is C30H26Br2N2O6S2. The molecule has 4 rings (SSSR count). The molecule has 0 saturated heterocycles. The van der Waals surface area contributed by atoms with Crippen LogP contribution in [-0.4, -0.2) is 37.0 Å². The van der Waals surface area contributed by atoms with Crippen molar-refractivity contribution < 1.29 is 28.7 Å². The third-order valence-corrected chi connectivity index (χ3v) is 8.78. The Morgan fingerprint density at radius 1 is 0.643 bits per heavy atom. The van der Waals surface area contributed by atoms with Gasteiger partial charge >= 0.3 is 11.9 Å². The zero-order valence-electron chi connectivity index (χ0n) is 22.6. The van der Waals surface area contributed by atoms with Gasteiger partial charge in [0, 0.05) is 43.7 Å². The number of ether oxygens (including phenoxy) is 2. The maximum Gasteiger partial charge on any atom is 0.341 e. The summed E-state index contributed by atoms with van der Waals surface area (Å²) in [7, 11) is 0. The molecule has 0 bridgehead atoms. The Morgan fingerprint density at radius 2 is 1.00 bits per heavy atom. The largest absolute Gasteiger partial charge is 0.462 e. The summed E-state index contributed by atoms with van der Waals surface area (Å²) in [5.41, 5.74) is 3.41. The summed E-state index contributed by atoms with van der Waals surface area (Å²) in [5.74, 6) is -1.97. The predicted molar refractivity (Wildman–Crippen MR) is 173 cm³/mol. The molecule has 42 heavy (non-hydrogen) atoms. The van der Waals surface area contributed by atoms with Crippen molar-refractivity contribution in [1.82, 2.24) is 0 Å². The number of rotatable bonds is 11. The first-order valence-corrected chi connectivity index (χ1v) is 16.2. The Bertz CT molecular complexity index is 1480. The van der Waals surface area contributed by atoms with Gasteiger partial charge in [0.15, 0.2) is 0 Å². The Morgan fingerprint density at radius 3 is 1.33 bits per heavy atom. The van der Waals surface area contributed by atoms with Crippen LogP contribution in [0, 0.1) is 0 Å². The summed E-state index contributed by atoms with van der Waals surface area (Å²) in [5, 5.41) is 9.79. The van der Waals surface area contributed by atoms with Gasteiger partial charge in [0.2, 0.25) is 11.8 Å². The third kappa shape index (κ3) is 7.74. The van der Waals surface area contributed by atoms with Gasteiger partial charge in [-0.15, -0.1) is 22.7 Å². The molecule has 218 valence electrons. The van der Waals surface area contributed by atoms with Gasteiger partial charge < -0.3 is 20.1 Å². The van der Waals surface area contributed by atoms with Crippen LogP contribution in [-0.2, 0) is 19.1 Å². The maximum atomic E-state index is 12.9. The van der Waals surface area contributed by atoms with Crippen molar-refractivity contribution in [2.75, 3.05) is 23.8 Å². The molecule has 0 radical (unpaired) electrons. The van der Waals surface area contributed by atoms with Crippen molar-refractivity contribution in [2.24, 2.45) is 0 Å². The van der Waals surface area contributed by atoms with E-state index in [2.05, 4.69) is 42.5 Å². The van der Waals surface area contributed by atoms with Crippen molar-refractivity contribution >= 4 is 88.3 Å². The highest BCUT2D eigenvalue weighted by Gasteiger charge is 2.25. The van der Waals surface area contributed by atoms with Gasteiger partial charge in [0.1, 0.15) is 21.1 Å². The number of halogens is 2. The molecule has 2 N–H and O–H groups in total. The van der Waals surface area contributed by atoms with Crippen LogP contribution in [0.25, 0.3) is 22.3 Å². The van der Waals surface area contributed by atoms with Crippen LogP contribution in [0.5, 0.6) is 0 Å². The smallest absolute Gasteiger partial charge is 0.341 e. The summed E-state index contributed by atoms with van der Waals surface area (Å²) in [6.45, 7) is 3.79. The Kier molecular flexibility index (Phi) is 11.1. The second-order valence-electron chi connectivity index (χ2n) is 8.76. The molecular weight excluding hydrogens is 708 g/mol. The normalized spacial score (nSPS) is 10.7. The van der Waals surface area contributed by atoms with Gasteiger partial charge in [-0.05, 0) is 49.2 Å². The monoisotopic (exact) mass is 732 g/mol. The van der Waals surface area contributed by atoms with Crippen LogP contribution in [0.2, 0.25) is 0 Å². The summed E-state index contributed by atoms with van der Waals surface area (Å²) in [4.78, 5) is 51.3. The van der Waals surface area contributed by atoms with Gasteiger partial charge in [0.25, 0.3) is 0 Å². The molecule has 0 aliphatic carbocycles. The second-order valence-corrected chi connectivity index (χ2v) is 12.3. The van der Waals surface area contributed by atoms with E-state index in [0.717, 1.165) is 20.1 Å². The molecule has 2 aromatic carbocycles. The molecule has 0 aliphatic heterocycles. The highest BCUT2D eigenvalue weighted by atomic mass is 79.9. The number of nitrogens with one attached hydrogen (secondary N) is 2. The highest BCUT2D eigenvalue weighted by molar-refractivity contribution is 9.10. The van der Waals surface area contributed by atoms with Gasteiger partial charge in [-0.25, -0.2) is 9.59 Å². The second kappa shape index (κ2) is 14.7. The number of thiophene rings is 2. The van der Waals surface area contributed by atoms with E-state index >= 15 is 0 Å². The first-order chi connectivity index (χ1) is 20.2. The van der Waals surface area contributed by atoms with Gasteiger partial charge in [0.05, 0.1) is 13.2 Å². The average Bonchev–Trinajstić information content (AvgIpc) is 3.57. The van der Waals surface area contributed by atoms with Crippen LogP contribution in [0.15, 0.2) is 68.2 Å². The summed E-state index contributed by atoms with van der Waals surface area (Å²) >= 11 is 9.23. The van der Waals surface area contributed by atoms with E-state index in [0.29, 0.717) is 21.1 Å². The summed E-state index contributed by atoms with van der Waals surface area (Å²) < 4.78 is 12.3. The standard InChI is InChI=1S/C30H26Br2N2O6S2/c1-3-39-29(37)25-21(17-5-9-19(31)10-6-17)15-41-27(25)33-23(35)13-14-24(36)34-28-26(30(38)40-4-2)22(16-42-28)18-7-11-20(32)12-8-18/h5-12,15-16H,3-4,13-14H2,1-2H3,(H,33,35)(H,34,36). The van der Waals surface area contributed by atoms with Crippen LogP contribution in [0.4, 0.5) is 10.0 Å². The topological polar surface area (TPSA) is 111 Å². The minimum absolute atomic E-state index is 0.140.